The van der Waals surface area contributed by atoms with E-state index in [9.17, 15) is 0 Å². The minimum Gasteiger partial charge on any atom is -0.493 e. The molecule has 0 aromatic heterocycles. The number of aliphatic hydroxyl groups is 1. The van der Waals surface area contributed by atoms with E-state index in [-0.39, 0.29) is 6.61 Å². The van der Waals surface area contributed by atoms with Crippen LogP contribution in [0.25, 0.3) is 0 Å². The van der Waals surface area contributed by atoms with Crippen LogP contribution >= 0.6 is 11.6 Å². The molecule has 1 aromatic carbocycles. The Morgan fingerprint density at radius 2 is 2.13 bits per heavy atom. The standard InChI is InChI=1S/C12H15ClO2/c13-11-5-10(3-4-14)6-12(7-11)15-8-9-1-2-9/h5-7,9,14H,1-4,8H2. The lowest BCUT2D eigenvalue weighted by molar-refractivity contribution is 0.294. The molecule has 0 radical (unpaired) electrons. The molecular formula is C12H15ClO2. The second-order valence-corrected chi connectivity index (χ2v) is 4.46. The van der Waals surface area contributed by atoms with Gasteiger partial charge in [-0.15, -0.1) is 0 Å². The summed E-state index contributed by atoms with van der Waals surface area (Å²) in [6, 6.07) is 5.64. The van der Waals surface area contributed by atoms with E-state index in [1.165, 1.54) is 12.8 Å². The molecule has 1 fully saturated rings. The molecule has 0 atom stereocenters. The SMILES string of the molecule is OCCc1cc(Cl)cc(OCC2CC2)c1. The quantitative estimate of drug-likeness (QED) is 0.837. The molecule has 0 amide bonds. The number of aliphatic hydroxyl groups excluding tert-OH is 1. The zero-order valence-electron chi connectivity index (χ0n) is 8.58. The summed E-state index contributed by atoms with van der Waals surface area (Å²) in [6.45, 7) is 0.932. The van der Waals surface area contributed by atoms with E-state index in [0.717, 1.165) is 23.8 Å². The second-order valence-electron chi connectivity index (χ2n) is 4.02. The van der Waals surface area contributed by atoms with E-state index in [1.807, 2.05) is 18.2 Å². The molecule has 0 spiro atoms. The fraction of sp³-hybridized carbons (Fsp3) is 0.500. The summed E-state index contributed by atoms with van der Waals surface area (Å²) < 4.78 is 5.63. The van der Waals surface area contributed by atoms with Gasteiger partial charge in [0.1, 0.15) is 5.75 Å². The molecule has 1 aliphatic rings. The van der Waals surface area contributed by atoms with Crippen molar-refractivity contribution >= 4 is 11.6 Å². The molecular weight excluding hydrogens is 212 g/mol. The normalized spacial score (nSPS) is 15.3. The van der Waals surface area contributed by atoms with Crippen molar-refractivity contribution in [1.82, 2.24) is 0 Å². The molecule has 1 aromatic rings. The fourth-order valence-corrected chi connectivity index (χ4v) is 1.72. The van der Waals surface area contributed by atoms with Gasteiger partial charge in [-0.2, -0.15) is 0 Å². The predicted molar refractivity (Wildman–Crippen MR) is 60.5 cm³/mol. The summed E-state index contributed by atoms with van der Waals surface area (Å²) >= 11 is 5.96. The molecule has 0 aliphatic heterocycles. The first-order valence-electron chi connectivity index (χ1n) is 5.31. The third-order valence-electron chi connectivity index (χ3n) is 2.51. The highest BCUT2D eigenvalue weighted by Gasteiger charge is 2.21. The van der Waals surface area contributed by atoms with Crippen LogP contribution in [-0.4, -0.2) is 18.3 Å². The van der Waals surface area contributed by atoms with E-state index < -0.39 is 0 Å². The van der Waals surface area contributed by atoms with Crippen LogP contribution in [0.3, 0.4) is 0 Å². The molecule has 0 heterocycles. The van der Waals surface area contributed by atoms with Crippen LogP contribution in [0.4, 0.5) is 0 Å². The molecule has 0 bridgehead atoms. The minimum absolute atomic E-state index is 0.141. The average molecular weight is 227 g/mol. The van der Waals surface area contributed by atoms with Crippen molar-refractivity contribution in [3.8, 4) is 5.75 Å². The topological polar surface area (TPSA) is 29.5 Å². The smallest absolute Gasteiger partial charge is 0.121 e. The molecule has 1 saturated carbocycles. The summed E-state index contributed by atoms with van der Waals surface area (Å²) in [5.74, 6) is 1.56. The second kappa shape index (κ2) is 4.86. The van der Waals surface area contributed by atoms with Gasteiger partial charge in [-0.25, -0.2) is 0 Å². The number of benzene rings is 1. The van der Waals surface area contributed by atoms with Crippen molar-refractivity contribution in [3.63, 3.8) is 0 Å². The number of ether oxygens (including phenoxy) is 1. The third-order valence-corrected chi connectivity index (χ3v) is 2.73. The third kappa shape index (κ3) is 3.40. The van der Waals surface area contributed by atoms with Crippen molar-refractivity contribution in [3.05, 3.63) is 28.8 Å². The monoisotopic (exact) mass is 226 g/mol. The number of hydrogen-bond donors (Lipinski definition) is 1. The molecule has 0 unspecified atom stereocenters. The Labute approximate surface area is 94.8 Å². The summed E-state index contributed by atoms with van der Waals surface area (Å²) in [6.07, 6.45) is 3.19. The van der Waals surface area contributed by atoms with Gasteiger partial charge in [0.15, 0.2) is 0 Å². The molecule has 2 rings (SSSR count). The van der Waals surface area contributed by atoms with Gasteiger partial charge in [-0.1, -0.05) is 11.6 Å². The maximum atomic E-state index is 8.85. The van der Waals surface area contributed by atoms with Gasteiger partial charge in [0.2, 0.25) is 0 Å². The number of rotatable bonds is 5. The van der Waals surface area contributed by atoms with Crippen molar-refractivity contribution in [2.45, 2.75) is 19.3 Å². The van der Waals surface area contributed by atoms with Crippen LogP contribution in [0, 0.1) is 5.92 Å². The molecule has 1 N–H and O–H groups in total. The Kier molecular flexibility index (Phi) is 3.49. The van der Waals surface area contributed by atoms with Crippen molar-refractivity contribution in [2.75, 3.05) is 13.2 Å². The predicted octanol–water partition coefficient (Wildman–Crippen LogP) is 2.66. The van der Waals surface area contributed by atoms with Crippen LogP contribution in [0.1, 0.15) is 18.4 Å². The Balaban J connectivity index is 2.00. The highest BCUT2D eigenvalue weighted by atomic mass is 35.5. The molecule has 2 nitrogen and oxygen atoms in total. The minimum atomic E-state index is 0.141. The van der Waals surface area contributed by atoms with Gasteiger partial charge >= 0.3 is 0 Å². The van der Waals surface area contributed by atoms with E-state index in [0.29, 0.717) is 11.4 Å². The summed E-state index contributed by atoms with van der Waals surface area (Å²) in [5.41, 5.74) is 1.02. The largest absolute Gasteiger partial charge is 0.493 e. The van der Waals surface area contributed by atoms with Crippen LogP contribution in [0.2, 0.25) is 5.02 Å². The highest BCUT2D eigenvalue weighted by molar-refractivity contribution is 6.30. The Bertz CT molecular complexity index is 334. The van der Waals surface area contributed by atoms with Gasteiger partial charge < -0.3 is 9.84 Å². The van der Waals surface area contributed by atoms with Crippen LogP contribution < -0.4 is 4.74 Å². The van der Waals surface area contributed by atoms with Crippen LogP contribution in [-0.2, 0) is 6.42 Å². The van der Waals surface area contributed by atoms with Gasteiger partial charge in [-0.05, 0) is 48.9 Å². The summed E-state index contributed by atoms with van der Waals surface area (Å²) in [4.78, 5) is 0. The maximum absolute atomic E-state index is 8.85. The molecule has 3 heteroatoms. The Hall–Kier alpha value is -0.730. The first-order valence-corrected chi connectivity index (χ1v) is 5.69. The first kappa shape index (κ1) is 10.8. The fourth-order valence-electron chi connectivity index (χ4n) is 1.48. The molecule has 1 aliphatic carbocycles. The van der Waals surface area contributed by atoms with E-state index in [1.54, 1.807) is 0 Å². The van der Waals surface area contributed by atoms with Crippen molar-refractivity contribution in [2.24, 2.45) is 5.92 Å². The van der Waals surface area contributed by atoms with E-state index >= 15 is 0 Å². The first-order chi connectivity index (χ1) is 7.28. The van der Waals surface area contributed by atoms with E-state index in [4.69, 9.17) is 21.4 Å². The Morgan fingerprint density at radius 1 is 1.33 bits per heavy atom. The highest BCUT2D eigenvalue weighted by Crippen LogP contribution is 2.30. The lowest BCUT2D eigenvalue weighted by Crippen LogP contribution is -2.00. The van der Waals surface area contributed by atoms with Crippen molar-refractivity contribution in [1.29, 1.82) is 0 Å². The zero-order chi connectivity index (χ0) is 10.7. The molecule has 15 heavy (non-hydrogen) atoms. The van der Waals surface area contributed by atoms with Gasteiger partial charge in [0.05, 0.1) is 6.61 Å². The lowest BCUT2D eigenvalue weighted by Gasteiger charge is -2.07. The number of halogens is 1. The average Bonchev–Trinajstić information content (AvgIpc) is 2.98. The van der Waals surface area contributed by atoms with Gasteiger partial charge in [0, 0.05) is 11.6 Å². The van der Waals surface area contributed by atoms with Crippen molar-refractivity contribution < 1.29 is 9.84 Å². The number of hydrogen-bond acceptors (Lipinski definition) is 2. The lowest BCUT2D eigenvalue weighted by atomic mass is 10.1. The zero-order valence-corrected chi connectivity index (χ0v) is 9.33. The van der Waals surface area contributed by atoms with Gasteiger partial charge in [-0.3, -0.25) is 0 Å². The molecule has 0 saturated heterocycles. The maximum Gasteiger partial charge on any atom is 0.121 e. The van der Waals surface area contributed by atoms with Crippen LogP contribution in [0.5, 0.6) is 5.75 Å². The Morgan fingerprint density at radius 3 is 2.80 bits per heavy atom. The van der Waals surface area contributed by atoms with E-state index in [2.05, 4.69) is 0 Å². The summed E-state index contributed by atoms with van der Waals surface area (Å²) in [5, 5.41) is 9.52. The van der Waals surface area contributed by atoms with Crippen LogP contribution in [0.15, 0.2) is 18.2 Å². The van der Waals surface area contributed by atoms with Gasteiger partial charge in [0.25, 0.3) is 0 Å². The molecule has 82 valence electrons. The summed E-state index contributed by atoms with van der Waals surface area (Å²) in [7, 11) is 0.